The van der Waals surface area contributed by atoms with E-state index in [1.54, 1.807) is 10.9 Å². The van der Waals surface area contributed by atoms with Crippen LogP contribution in [0.2, 0.25) is 5.02 Å². The summed E-state index contributed by atoms with van der Waals surface area (Å²) < 4.78 is 1.76. The number of halogens is 2. The van der Waals surface area contributed by atoms with Crippen molar-refractivity contribution in [1.29, 1.82) is 0 Å². The highest BCUT2D eigenvalue weighted by atomic mass is 35.5. The molecule has 1 saturated heterocycles. The number of hydrogen-bond donors (Lipinski definition) is 1. The van der Waals surface area contributed by atoms with Crippen molar-refractivity contribution < 1.29 is 4.79 Å². The Hall–Kier alpha value is -1.56. The van der Waals surface area contributed by atoms with Crippen LogP contribution in [-0.4, -0.2) is 46.8 Å². The van der Waals surface area contributed by atoms with Gasteiger partial charge < -0.3 is 10.2 Å². The number of likely N-dealkylation sites (tertiary alicyclic amines) is 1. The predicted molar refractivity (Wildman–Crippen MR) is 98.5 cm³/mol. The molecule has 0 bridgehead atoms. The van der Waals surface area contributed by atoms with E-state index in [4.69, 9.17) is 11.6 Å². The molecule has 0 radical (unpaired) electrons. The summed E-state index contributed by atoms with van der Waals surface area (Å²) in [6.45, 7) is 3.47. The van der Waals surface area contributed by atoms with Crippen LogP contribution in [0.15, 0.2) is 30.5 Å². The summed E-state index contributed by atoms with van der Waals surface area (Å²) in [7, 11) is 1.95. The van der Waals surface area contributed by atoms with Crippen molar-refractivity contribution in [2.75, 3.05) is 20.1 Å². The number of piperidine rings is 1. The van der Waals surface area contributed by atoms with Crippen LogP contribution in [0, 0.1) is 6.92 Å². The minimum absolute atomic E-state index is 0. The molecular formula is C17H22Cl2N4O. The second kappa shape index (κ2) is 8.01. The van der Waals surface area contributed by atoms with Gasteiger partial charge in [0.05, 0.1) is 23.1 Å². The number of nitrogens with zero attached hydrogens (tertiary/aromatic N) is 3. The van der Waals surface area contributed by atoms with Gasteiger partial charge in [-0.15, -0.1) is 12.4 Å². The van der Waals surface area contributed by atoms with Crippen LogP contribution in [-0.2, 0) is 0 Å². The molecule has 7 heteroatoms. The topological polar surface area (TPSA) is 50.2 Å². The van der Waals surface area contributed by atoms with E-state index in [0.29, 0.717) is 16.6 Å². The van der Waals surface area contributed by atoms with Gasteiger partial charge in [0.25, 0.3) is 5.91 Å². The Morgan fingerprint density at radius 2 is 2.21 bits per heavy atom. The van der Waals surface area contributed by atoms with Crippen molar-refractivity contribution in [3.8, 4) is 5.69 Å². The van der Waals surface area contributed by atoms with Gasteiger partial charge >= 0.3 is 0 Å². The Bertz CT molecular complexity index is 716. The molecule has 1 N–H and O–H groups in total. The van der Waals surface area contributed by atoms with E-state index >= 15 is 0 Å². The van der Waals surface area contributed by atoms with E-state index in [1.165, 1.54) is 0 Å². The minimum Gasteiger partial charge on any atom is -0.337 e. The lowest BCUT2D eigenvalue weighted by Crippen LogP contribution is -2.47. The van der Waals surface area contributed by atoms with Crippen LogP contribution < -0.4 is 5.32 Å². The third kappa shape index (κ3) is 3.74. The molecule has 1 atom stereocenters. The maximum absolute atomic E-state index is 12.8. The predicted octanol–water partition coefficient (Wildman–Crippen LogP) is 3.08. The lowest BCUT2D eigenvalue weighted by atomic mass is 10.0. The minimum atomic E-state index is 0. The number of nitrogens with one attached hydrogen (secondary N) is 1. The van der Waals surface area contributed by atoms with Gasteiger partial charge in [0.1, 0.15) is 0 Å². The maximum atomic E-state index is 12.8. The molecule has 1 aromatic heterocycles. The second-order valence-corrected chi connectivity index (χ2v) is 6.35. The Balaban J connectivity index is 0.00000208. The highest BCUT2D eigenvalue weighted by Gasteiger charge is 2.26. The average Bonchev–Trinajstić information content (AvgIpc) is 2.96. The van der Waals surface area contributed by atoms with Gasteiger partial charge in [-0.25, -0.2) is 4.68 Å². The van der Waals surface area contributed by atoms with Gasteiger partial charge in [-0.05, 0) is 45.0 Å². The van der Waals surface area contributed by atoms with Crippen LogP contribution in [0.4, 0.5) is 0 Å². The summed E-state index contributed by atoms with van der Waals surface area (Å²) in [5.74, 6) is 0.0516. The molecule has 2 aromatic rings. The molecule has 0 spiro atoms. The van der Waals surface area contributed by atoms with Crippen LogP contribution in [0.1, 0.15) is 28.9 Å². The number of rotatable bonds is 3. The number of amides is 1. The largest absolute Gasteiger partial charge is 0.337 e. The average molecular weight is 369 g/mol. The molecule has 1 fully saturated rings. The molecule has 1 unspecified atom stereocenters. The fraction of sp³-hybridized carbons (Fsp3) is 0.412. The summed E-state index contributed by atoms with van der Waals surface area (Å²) >= 11 is 6.05. The maximum Gasteiger partial charge on any atom is 0.257 e. The summed E-state index contributed by atoms with van der Waals surface area (Å²) in [6.07, 6.45) is 3.79. The van der Waals surface area contributed by atoms with Crippen molar-refractivity contribution in [2.45, 2.75) is 25.8 Å². The highest BCUT2D eigenvalue weighted by Crippen LogP contribution is 2.20. The van der Waals surface area contributed by atoms with Crippen LogP contribution in [0.5, 0.6) is 0 Å². The normalized spacial score (nSPS) is 17.5. The van der Waals surface area contributed by atoms with Gasteiger partial charge in [0, 0.05) is 24.2 Å². The summed E-state index contributed by atoms with van der Waals surface area (Å²) in [5, 5.41) is 8.29. The van der Waals surface area contributed by atoms with Crippen LogP contribution in [0.25, 0.3) is 5.69 Å². The van der Waals surface area contributed by atoms with Crippen molar-refractivity contribution >= 4 is 29.9 Å². The quantitative estimate of drug-likeness (QED) is 0.905. The highest BCUT2D eigenvalue weighted by molar-refractivity contribution is 6.30. The number of likely N-dealkylation sites (N-methyl/N-ethyl adjacent to an activating group) is 1. The van der Waals surface area contributed by atoms with E-state index in [-0.39, 0.29) is 18.3 Å². The standard InChI is InChI=1S/C17H21ClN4O.ClH/c1-12-16(17(23)21-8-4-6-14(11-21)19-2)10-20-22(12)15-7-3-5-13(18)9-15;/h3,5,7,9-10,14,19H,4,6,8,11H2,1-2H3;1H. The van der Waals surface area contributed by atoms with E-state index in [9.17, 15) is 4.79 Å². The Morgan fingerprint density at radius 3 is 2.92 bits per heavy atom. The van der Waals surface area contributed by atoms with E-state index in [0.717, 1.165) is 37.3 Å². The van der Waals surface area contributed by atoms with Crippen molar-refractivity contribution in [3.05, 3.63) is 46.7 Å². The Kier molecular flexibility index (Phi) is 6.27. The summed E-state index contributed by atoms with van der Waals surface area (Å²) in [5.41, 5.74) is 2.35. The fourth-order valence-electron chi connectivity index (χ4n) is 3.06. The van der Waals surface area contributed by atoms with E-state index in [1.807, 2.05) is 43.1 Å². The van der Waals surface area contributed by atoms with Crippen LogP contribution >= 0.6 is 24.0 Å². The summed E-state index contributed by atoms with van der Waals surface area (Å²) in [6, 6.07) is 7.84. The summed E-state index contributed by atoms with van der Waals surface area (Å²) in [4.78, 5) is 14.7. The van der Waals surface area contributed by atoms with Crippen molar-refractivity contribution in [3.63, 3.8) is 0 Å². The smallest absolute Gasteiger partial charge is 0.257 e. The van der Waals surface area contributed by atoms with E-state index < -0.39 is 0 Å². The Morgan fingerprint density at radius 1 is 1.42 bits per heavy atom. The third-order valence-corrected chi connectivity index (χ3v) is 4.64. The fourth-order valence-corrected chi connectivity index (χ4v) is 3.24. The first-order valence-corrected chi connectivity index (χ1v) is 8.25. The first-order chi connectivity index (χ1) is 11.1. The van der Waals surface area contributed by atoms with Gasteiger partial charge in [-0.1, -0.05) is 17.7 Å². The molecule has 3 rings (SSSR count). The SMILES string of the molecule is CNC1CCCN(C(=O)c2cnn(-c3cccc(Cl)c3)c2C)C1.Cl. The van der Waals surface area contributed by atoms with Gasteiger partial charge in [0.15, 0.2) is 0 Å². The first kappa shape index (κ1) is 18.8. The first-order valence-electron chi connectivity index (χ1n) is 7.87. The number of benzene rings is 1. The second-order valence-electron chi connectivity index (χ2n) is 5.91. The molecule has 0 aliphatic carbocycles. The lowest BCUT2D eigenvalue weighted by molar-refractivity contribution is 0.0697. The molecule has 1 aromatic carbocycles. The van der Waals surface area contributed by atoms with Gasteiger partial charge in [0.2, 0.25) is 0 Å². The molecule has 1 amide bonds. The lowest BCUT2D eigenvalue weighted by Gasteiger charge is -2.32. The molecule has 1 aliphatic heterocycles. The van der Waals surface area contributed by atoms with Gasteiger partial charge in [-0.3, -0.25) is 4.79 Å². The zero-order chi connectivity index (χ0) is 16.4. The molecule has 0 saturated carbocycles. The van der Waals surface area contributed by atoms with Crippen LogP contribution in [0.3, 0.4) is 0 Å². The number of carbonyl (C=O) groups is 1. The molecule has 2 heterocycles. The monoisotopic (exact) mass is 368 g/mol. The number of carbonyl (C=O) groups excluding carboxylic acids is 1. The third-order valence-electron chi connectivity index (χ3n) is 4.41. The molecule has 1 aliphatic rings. The number of aromatic nitrogens is 2. The number of hydrogen-bond acceptors (Lipinski definition) is 3. The zero-order valence-electron chi connectivity index (χ0n) is 13.8. The van der Waals surface area contributed by atoms with Crippen molar-refractivity contribution in [1.82, 2.24) is 20.0 Å². The van der Waals surface area contributed by atoms with Crippen molar-refractivity contribution in [2.24, 2.45) is 0 Å². The van der Waals surface area contributed by atoms with Gasteiger partial charge in [-0.2, -0.15) is 5.10 Å². The van der Waals surface area contributed by atoms with E-state index in [2.05, 4.69) is 10.4 Å². The molecule has 130 valence electrons. The molecule has 24 heavy (non-hydrogen) atoms. The molecule has 5 nitrogen and oxygen atoms in total. The molecular weight excluding hydrogens is 347 g/mol. The zero-order valence-corrected chi connectivity index (χ0v) is 15.4. The Labute approximate surface area is 153 Å².